The Labute approximate surface area is 155 Å². The van der Waals surface area contributed by atoms with Gasteiger partial charge in [-0.15, -0.1) is 0 Å². The Morgan fingerprint density at radius 3 is 2.70 bits per heavy atom. The van der Waals surface area contributed by atoms with Gasteiger partial charge in [-0.05, 0) is 20.0 Å². The highest BCUT2D eigenvalue weighted by atomic mass is 19.1. The first kappa shape index (κ1) is 17.9. The molecule has 0 aliphatic carbocycles. The second-order valence-corrected chi connectivity index (χ2v) is 7.39. The predicted molar refractivity (Wildman–Crippen MR) is 98.1 cm³/mol. The summed E-state index contributed by atoms with van der Waals surface area (Å²) < 4.78 is 22.5. The minimum Gasteiger partial charge on any atom is -0.489 e. The summed E-state index contributed by atoms with van der Waals surface area (Å²) >= 11 is 0. The Hall–Kier alpha value is -2.45. The zero-order valence-corrected chi connectivity index (χ0v) is 15.4. The molecule has 1 aromatic carbocycles. The van der Waals surface area contributed by atoms with E-state index in [1.54, 1.807) is 4.57 Å². The number of aromatic carboxylic acids is 1. The van der Waals surface area contributed by atoms with E-state index in [2.05, 4.69) is 16.8 Å². The van der Waals surface area contributed by atoms with Gasteiger partial charge in [-0.25, -0.2) is 9.18 Å². The van der Waals surface area contributed by atoms with E-state index in [4.69, 9.17) is 4.74 Å². The number of carbonyl (C=O) groups is 1. The molecule has 0 bridgehead atoms. The highest BCUT2D eigenvalue weighted by Crippen LogP contribution is 2.37. The predicted octanol–water partition coefficient (Wildman–Crippen LogP) is 1.54. The van der Waals surface area contributed by atoms with Crippen molar-refractivity contribution in [2.75, 3.05) is 39.8 Å². The number of halogens is 1. The summed E-state index contributed by atoms with van der Waals surface area (Å²) in [6.45, 7) is 6.05. The third-order valence-corrected chi connectivity index (χ3v) is 5.47. The van der Waals surface area contributed by atoms with Crippen LogP contribution in [0.5, 0.6) is 5.75 Å². The zero-order chi connectivity index (χ0) is 19.3. The third-order valence-electron chi connectivity index (χ3n) is 5.47. The van der Waals surface area contributed by atoms with Crippen LogP contribution >= 0.6 is 0 Å². The summed E-state index contributed by atoms with van der Waals surface area (Å²) in [5.41, 5.74) is -0.129. The topological polar surface area (TPSA) is 75.0 Å². The average molecular weight is 375 g/mol. The summed E-state index contributed by atoms with van der Waals surface area (Å²) in [6.07, 6.45) is 1.35. The molecule has 1 saturated heterocycles. The van der Waals surface area contributed by atoms with Gasteiger partial charge in [-0.1, -0.05) is 0 Å². The molecule has 1 fully saturated rings. The molecular formula is C19H22FN3O4. The number of carboxylic acids is 1. The highest BCUT2D eigenvalue weighted by molar-refractivity contribution is 5.95. The first-order valence-corrected chi connectivity index (χ1v) is 9.04. The van der Waals surface area contributed by atoms with Gasteiger partial charge < -0.3 is 19.3 Å². The Morgan fingerprint density at radius 1 is 1.33 bits per heavy atom. The molecule has 0 radical (unpaired) electrons. The Balaban J connectivity index is 1.88. The molecule has 2 aliphatic rings. The van der Waals surface area contributed by atoms with E-state index in [9.17, 15) is 19.1 Å². The van der Waals surface area contributed by atoms with Crippen LogP contribution in [-0.4, -0.2) is 65.3 Å². The number of aromatic nitrogens is 1. The zero-order valence-electron chi connectivity index (χ0n) is 15.4. The lowest BCUT2D eigenvalue weighted by Gasteiger charge is -2.34. The van der Waals surface area contributed by atoms with E-state index < -0.39 is 17.2 Å². The minimum atomic E-state index is -1.31. The van der Waals surface area contributed by atoms with E-state index in [1.807, 2.05) is 6.92 Å². The fraction of sp³-hybridized carbons (Fsp3) is 0.474. The largest absolute Gasteiger partial charge is 0.489 e. The number of piperazine rings is 1. The molecule has 8 heteroatoms. The van der Waals surface area contributed by atoms with Crippen LogP contribution in [0.3, 0.4) is 0 Å². The molecule has 0 amide bonds. The second kappa shape index (κ2) is 6.61. The molecule has 27 heavy (non-hydrogen) atoms. The first-order chi connectivity index (χ1) is 12.9. The summed E-state index contributed by atoms with van der Waals surface area (Å²) in [7, 11) is 2.06. The molecule has 1 atom stereocenters. The van der Waals surface area contributed by atoms with Crippen molar-refractivity contribution in [3.63, 3.8) is 0 Å². The summed E-state index contributed by atoms with van der Waals surface area (Å²) in [4.78, 5) is 28.4. The molecule has 0 saturated carbocycles. The van der Waals surface area contributed by atoms with Crippen LogP contribution in [-0.2, 0) is 6.54 Å². The van der Waals surface area contributed by atoms with Crippen molar-refractivity contribution >= 4 is 16.9 Å². The van der Waals surface area contributed by atoms with E-state index >= 15 is 0 Å². The summed E-state index contributed by atoms with van der Waals surface area (Å²) in [5.74, 6) is -1.49. The number of hydrogen-bond acceptors (Lipinski definition) is 5. The number of nitrogens with zero attached hydrogens (tertiary/aromatic N) is 3. The minimum absolute atomic E-state index is 0.0519. The van der Waals surface area contributed by atoms with Crippen molar-refractivity contribution in [3.05, 3.63) is 39.4 Å². The van der Waals surface area contributed by atoms with Crippen LogP contribution in [0.1, 0.15) is 28.9 Å². The third kappa shape index (κ3) is 2.98. The fourth-order valence-electron chi connectivity index (χ4n) is 3.81. The van der Waals surface area contributed by atoms with Gasteiger partial charge in [-0.2, -0.15) is 0 Å². The summed E-state index contributed by atoms with van der Waals surface area (Å²) in [5, 5.41) is 9.38. The maximum Gasteiger partial charge on any atom is 0.341 e. The molecule has 0 spiro atoms. The van der Waals surface area contributed by atoms with Crippen LogP contribution < -0.4 is 10.2 Å². The number of hydrogen-bond donors (Lipinski definition) is 1. The van der Waals surface area contributed by atoms with Crippen LogP contribution in [0.4, 0.5) is 4.39 Å². The quantitative estimate of drug-likeness (QED) is 0.877. The number of pyridine rings is 1. The van der Waals surface area contributed by atoms with Gasteiger partial charge in [-0.3, -0.25) is 9.69 Å². The van der Waals surface area contributed by atoms with Crippen LogP contribution in [0.2, 0.25) is 0 Å². The number of carboxylic acid groups (broad SMARTS) is 1. The van der Waals surface area contributed by atoms with Crippen molar-refractivity contribution in [1.82, 2.24) is 14.4 Å². The van der Waals surface area contributed by atoms with Gasteiger partial charge in [0.1, 0.15) is 18.0 Å². The van der Waals surface area contributed by atoms with E-state index in [0.29, 0.717) is 30.0 Å². The van der Waals surface area contributed by atoms with Gasteiger partial charge in [0.15, 0.2) is 5.75 Å². The molecule has 1 aromatic heterocycles. The molecule has 4 rings (SSSR count). The lowest BCUT2D eigenvalue weighted by molar-refractivity contribution is 0.0694. The fourth-order valence-corrected chi connectivity index (χ4v) is 3.81. The van der Waals surface area contributed by atoms with Gasteiger partial charge in [0.05, 0.1) is 16.9 Å². The van der Waals surface area contributed by atoms with Crippen molar-refractivity contribution in [2.24, 2.45) is 0 Å². The smallest absolute Gasteiger partial charge is 0.341 e. The second-order valence-electron chi connectivity index (χ2n) is 7.39. The van der Waals surface area contributed by atoms with Gasteiger partial charge >= 0.3 is 5.97 Å². The molecular weight excluding hydrogens is 353 g/mol. The SMILES string of the molecule is C[C@H]1COc2c(CN3CCN(C)CC3)c(F)cc3c(=O)c(C(=O)O)cn1c23. The normalized spacial score (nSPS) is 20.6. The van der Waals surface area contributed by atoms with Crippen LogP contribution in [0.25, 0.3) is 10.9 Å². The Bertz CT molecular complexity index is 979. The average Bonchev–Trinajstić information content (AvgIpc) is 2.63. The molecule has 2 aliphatic heterocycles. The molecule has 1 N–H and O–H groups in total. The van der Waals surface area contributed by atoms with Crippen molar-refractivity contribution in [2.45, 2.75) is 19.5 Å². The number of ether oxygens (including phenoxy) is 1. The molecule has 144 valence electrons. The van der Waals surface area contributed by atoms with Crippen molar-refractivity contribution in [1.29, 1.82) is 0 Å². The molecule has 7 nitrogen and oxygen atoms in total. The standard InChI is InChI=1S/C19H22FN3O4/c1-11-10-27-18-13(8-22-5-3-21(2)4-6-22)15(20)7-12-16(18)23(11)9-14(17(12)24)19(25)26/h7,9,11H,3-6,8,10H2,1-2H3,(H,25,26)/t11-/m0/s1. The lowest BCUT2D eigenvalue weighted by atomic mass is 10.0. The highest BCUT2D eigenvalue weighted by Gasteiger charge is 2.29. The molecule has 2 aromatic rings. The number of rotatable bonds is 3. The number of likely N-dealkylation sites (N-methyl/N-ethyl adjacent to an activating group) is 1. The lowest BCUT2D eigenvalue weighted by Crippen LogP contribution is -2.44. The molecule has 3 heterocycles. The summed E-state index contributed by atoms with van der Waals surface area (Å²) in [6, 6.07) is 1.01. The van der Waals surface area contributed by atoms with E-state index in [1.165, 1.54) is 6.20 Å². The Morgan fingerprint density at radius 2 is 2.04 bits per heavy atom. The van der Waals surface area contributed by atoms with Crippen molar-refractivity contribution < 1.29 is 19.0 Å². The van der Waals surface area contributed by atoms with E-state index in [0.717, 1.165) is 32.2 Å². The maximum absolute atomic E-state index is 15.0. The van der Waals surface area contributed by atoms with Gasteiger partial charge in [0.2, 0.25) is 5.43 Å². The van der Waals surface area contributed by atoms with Crippen molar-refractivity contribution in [3.8, 4) is 5.75 Å². The van der Waals surface area contributed by atoms with Gasteiger partial charge in [0, 0.05) is 44.5 Å². The molecule has 0 unspecified atom stereocenters. The Kier molecular flexibility index (Phi) is 4.39. The number of benzene rings is 1. The van der Waals surface area contributed by atoms with Crippen LogP contribution in [0.15, 0.2) is 17.1 Å². The van der Waals surface area contributed by atoms with Gasteiger partial charge in [0.25, 0.3) is 0 Å². The first-order valence-electron chi connectivity index (χ1n) is 9.04. The maximum atomic E-state index is 15.0. The van der Waals surface area contributed by atoms with Crippen LogP contribution in [0, 0.1) is 5.82 Å². The van der Waals surface area contributed by atoms with E-state index in [-0.39, 0.29) is 17.0 Å². The monoisotopic (exact) mass is 375 g/mol.